The summed E-state index contributed by atoms with van der Waals surface area (Å²) in [6, 6.07) is 5.07. The van der Waals surface area contributed by atoms with Crippen LogP contribution in [0.2, 0.25) is 0 Å². The summed E-state index contributed by atoms with van der Waals surface area (Å²) in [5.74, 6) is -1.74. The van der Waals surface area contributed by atoms with E-state index in [1.807, 2.05) is 34.6 Å². The van der Waals surface area contributed by atoms with Gasteiger partial charge >= 0.3 is 0 Å². The van der Waals surface area contributed by atoms with Crippen molar-refractivity contribution in [1.82, 2.24) is 20.9 Å². The van der Waals surface area contributed by atoms with Crippen LogP contribution >= 0.6 is 12.6 Å². The van der Waals surface area contributed by atoms with Crippen molar-refractivity contribution < 1.29 is 24.0 Å². The van der Waals surface area contributed by atoms with Gasteiger partial charge in [-0.15, -0.1) is 0 Å². The van der Waals surface area contributed by atoms with Gasteiger partial charge in [-0.25, -0.2) is 0 Å². The molecule has 198 valence electrons. The number of nitrogens with zero attached hydrogens (tertiary/aromatic N) is 1. The maximum atomic E-state index is 13.1. The Kier molecular flexibility index (Phi) is 10.1. The zero-order chi connectivity index (χ0) is 27.2. The predicted molar refractivity (Wildman–Crippen MR) is 141 cm³/mol. The van der Waals surface area contributed by atoms with Crippen LogP contribution in [0.4, 0.5) is 0 Å². The maximum absolute atomic E-state index is 13.1. The molecule has 1 aliphatic rings. The summed E-state index contributed by atoms with van der Waals surface area (Å²) < 4.78 is 0. The van der Waals surface area contributed by atoms with Gasteiger partial charge in [-0.3, -0.25) is 28.9 Å². The summed E-state index contributed by atoms with van der Waals surface area (Å²) in [5, 5.41) is 7.38. The lowest BCUT2D eigenvalue weighted by Gasteiger charge is -2.32. The van der Waals surface area contributed by atoms with E-state index in [0.717, 1.165) is 0 Å². The van der Waals surface area contributed by atoms with Gasteiger partial charge in [0.2, 0.25) is 17.7 Å². The van der Waals surface area contributed by atoms with Gasteiger partial charge in [-0.1, -0.05) is 46.8 Å². The number of thiol groups is 1. The predicted octanol–water partition coefficient (Wildman–Crippen LogP) is 2.17. The van der Waals surface area contributed by atoms with Gasteiger partial charge in [0.05, 0.1) is 16.4 Å². The second kappa shape index (κ2) is 12.4. The Hall–Kier alpha value is -2.88. The lowest BCUT2D eigenvalue weighted by molar-refractivity contribution is -0.134. The standard InChI is InChI=1S/C26H38N4O5S/c1-15(2)14-18(21(31)29-20(23(33)27-6)26(3,4)5)28-22(32)19(36)12-9-13-30-24(34)16-10-7-8-11-17(16)25(30)35/h7-8,10-11,15,18-20,36H,9,12-14H2,1-6H3,(H,27,33)(H,28,32)(H,29,31)/t18-,19-,20+/m0/s1. The van der Waals surface area contributed by atoms with Gasteiger partial charge in [0.15, 0.2) is 0 Å². The lowest BCUT2D eigenvalue weighted by Crippen LogP contribution is -2.58. The Morgan fingerprint density at radius 1 is 0.944 bits per heavy atom. The van der Waals surface area contributed by atoms with Crippen LogP contribution in [0, 0.1) is 11.3 Å². The minimum Gasteiger partial charge on any atom is -0.357 e. The van der Waals surface area contributed by atoms with Crippen molar-refractivity contribution in [1.29, 1.82) is 0 Å². The van der Waals surface area contributed by atoms with Crippen molar-refractivity contribution in [3.63, 3.8) is 0 Å². The molecule has 1 aromatic carbocycles. The van der Waals surface area contributed by atoms with E-state index in [1.54, 1.807) is 24.3 Å². The van der Waals surface area contributed by atoms with Crippen molar-refractivity contribution in [2.24, 2.45) is 11.3 Å². The first-order chi connectivity index (χ1) is 16.8. The quantitative estimate of drug-likeness (QED) is 0.264. The highest BCUT2D eigenvalue weighted by molar-refractivity contribution is 7.81. The monoisotopic (exact) mass is 518 g/mol. The van der Waals surface area contributed by atoms with Crippen molar-refractivity contribution in [2.45, 2.75) is 71.2 Å². The van der Waals surface area contributed by atoms with E-state index in [1.165, 1.54) is 11.9 Å². The molecule has 10 heteroatoms. The fourth-order valence-electron chi connectivity index (χ4n) is 4.05. The molecule has 1 aliphatic heterocycles. The highest BCUT2D eigenvalue weighted by atomic mass is 32.1. The molecule has 0 unspecified atom stereocenters. The molecule has 0 aliphatic carbocycles. The molecule has 3 N–H and O–H groups in total. The fourth-order valence-corrected chi connectivity index (χ4v) is 4.31. The van der Waals surface area contributed by atoms with E-state index in [-0.39, 0.29) is 30.2 Å². The molecule has 0 spiro atoms. The van der Waals surface area contributed by atoms with E-state index in [4.69, 9.17) is 0 Å². The molecule has 1 heterocycles. The Balaban J connectivity index is 1.96. The topological polar surface area (TPSA) is 125 Å². The molecule has 0 radical (unpaired) electrons. The third-order valence-electron chi connectivity index (χ3n) is 6.04. The van der Waals surface area contributed by atoms with Gasteiger partial charge in [0.25, 0.3) is 11.8 Å². The fraction of sp³-hybridized carbons (Fsp3) is 0.577. The van der Waals surface area contributed by atoms with Crippen molar-refractivity contribution >= 4 is 42.2 Å². The van der Waals surface area contributed by atoms with Crippen LogP contribution in [-0.2, 0) is 14.4 Å². The van der Waals surface area contributed by atoms with E-state index in [9.17, 15) is 24.0 Å². The molecule has 5 amide bonds. The van der Waals surface area contributed by atoms with Crippen molar-refractivity contribution in [2.75, 3.05) is 13.6 Å². The molecule has 9 nitrogen and oxygen atoms in total. The Morgan fingerprint density at radius 2 is 1.50 bits per heavy atom. The molecule has 2 rings (SSSR count). The number of carbonyl (C=O) groups excluding carboxylic acids is 5. The van der Waals surface area contributed by atoms with Crippen LogP contribution in [0.15, 0.2) is 24.3 Å². The van der Waals surface area contributed by atoms with Gasteiger partial charge in [0.1, 0.15) is 12.1 Å². The van der Waals surface area contributed by atoms with Gasteiger partial charge in [-0.2, -0.15) is 12.6 Å². The first-order valence-electron chi connectivity index (χ1n) is 12.2. The molecule has 0 fully saturated rings. The van der Waals surface area contributed by atoms with Crippen LogP contribution in [0.25, 0.3) is 0 Å². The summed E-state index contributed by atoms with van der Waals surface area (Å²) in [4.78, 5) is 64.4. The number of benzene rings is 1. The van der Waals surface area contributed by atoms with Crippen LogP contribution in [-0.4, -0.2) is 65.4 Å². The SMILES string of the molecule is CNC(=O)[C@@H](NC(=O)[C@H](CC(C)C)NC(=O)[C@@H](S)CCCN1C(=O)c2ccccc2C1=O)C(C)(C)C. The molecule has 0 saturated heterocycles. The van der Waals surface area contributed by atoms with Gasteiger partial charge in [0, 0.05) is 13.6 Å². The van der Waals surface area contributed by atoms with Crippen LogP contribution in [0.5, 0.6) is 0 Å². The van der Waals surface area contributed by atoms with Crippen molar-refractivity contribution in [3.8, 4) is 0 Å². The minimum absolute atomic E-state index is 0.112. The number of fused-ring (bicyclic) bond motifs is 1. The number of imide groups is 1. The average Bonchev–Trinajstić information content (AvgIpc) is 3.05. The number of carbonyl (C=O) groups is 5. The molecule has 3 atom stereocenters. The number of amides is 5. The molecule has 36 heavy (non-hydrogen) atoms. The highest BCUT2D eigenvalue weighted by Crippen LogP contribution is 2.23. The number of likely N-dealkylation sites (N-methyl/N-ethyl adjacent to an activating group) is 1. The molecular weight excluding hydrogens is 480 g/mol. The molecule has 0 aromatic heterocycles. The largest absolute Gasteiger partial charge is 0.357 e. The second-order valence-electron chi connectivity index (χ2n) is 10.6. The summed E-state index contributed by atoms with van der Waals surface area (Å²) in [7, 11) is 1.51. The third kappa shape index (κ3) is 7.32. The van der Waals surface area contributed by atoms with E-state index in [2.05, 4.69) is 28.6 Å². The third-order valence-corrected chi connectivity index (χ3v) is 6.53. The number of hydrogen-bond donors (Lipinski definition) is 4. The summed E-state index contributed by atoms with van der Waals surface area (Å²) >= 11 is 4.40. The molecule has 0 saturated carbocycles. The number of rotatable bonds is 11. The molecular formula is C26H38N4O5S. The smallest absolute Gasteiger partial charge is 0.261 e. The molecule has 0 bridgehead atoms. The van der Waals surface area contributed by atoms with Gasteiger partial charge in [-0.05, 0) is 42.7 Å². The van der Waals surface area contributed by atoms with E-state index < -0.39 is 34.6 Å². The Morgan fingerprint density at radius 3 is 1.97 bits per heavy atom. The van der Waals surface area contributed by atoms with Gasteiger partial charge < -0.3 is 16.0 Å². The molecule has 1 aromatic rings. The number of nitrogens with one attached hydrogen (secondary N) is 3. The van der Waals surface area contributed by atoms with E-state index >= 15 is 0 Å². The van der Waals surface area contributed by atoms with E-state index in [0.29, 0.717) is 30.4 Å². The Bertz CT molecular complexity index is 969. The second-order valence-corrected chi connectivity index (χ2v) is 11.2. The first-order valence-corrected chi connectivity index (χ1v) is 12.7. The normalized spacial score (nSPS) is 15.8. The van der Waals surface area contributed by atoms with Crippen molar-refractivity contribution in [3.05, 3.63) is 35.4 Å². The average molecular weight is 519 g/mol. The summed E-state index contributed by atoms with van der Waals surface area (Å²) in [5.41, 5.74) is 0.240. The summed E-state index contributed by atoms with van der Waals surface area (Å²) in [6.45, 7) is 9.59. The summed E-state index contributed by atoms with van der Waals surface area (Å²) in [6.07, 6.45) is 1.08. The zero-order valence-electron chi connectivity index (χ0n) is 21.9. The Labute approximate surface area is 218 Å². The maximum Gasteiger partial charge on any atom is 0.261 e. The highest BCUT2D eigenvalue weighted by Gasteiger charge is 2.36. The first kappa shape index (κ1) is 29.4. The minimum atomic E-state index is -0.835. The number of hydrogen-bond acceptors (Lipinski definition) is 6. The van der Waals surface area contributed by atoms with Crippen LogP contribution < -0.4 is 16.0 Å². The zero-order valence-corrected chi connectivity index (χ0v) is 22.8. The lowest BCUT2D eigenvalue weighted by atomic mass is 9.85. The van der Waals surface area contributed by atoms with Crippen LogP contribution in [0.1, 0.15) is 74.6 Å². The van der Waals surface area contributed by atoms with Crippen LogP contribution in [0.3, 0.4) is 0 Å².